The van der Waals surface area contributed by atoms with E-state index in [0.29, 0.717) is 27.9 Å². The lowest BCUT2D eigenvalue weighted by molar-refractivity contribution is -0.119. The summed E-state index contributed by atoms with van der Waals surface area (Å²) in [5.41, 5.74) is 2.57. The van der Waals surface area contributed by atoms with Crippen LogP contribution in [-0.2, 0) is 9.59 Å². The number of anilines is 3. The fraction of sp³-hybridized carbons (Fsp3) is 0.0833. The second-order valence-electron chi connectivity index (χ2n) is 7.56. The number of benzene rings is 3. The Morgan fingerprint density at radius 1 is 0.645 bits per heavy atom. The first-order valence-corrected chi connectivity index (χ1v) is 9.66. The number of carbonyl (C=O) groups excluding carboxylic acids is 4. The van der Waals surface area contributed by atoms with Crippen molar-refractivity contribution in [2.24, 2.45) is 0 Å². The molecule has 0 spiro atoms. The second-order valence-corrected chi connectivity index (χ2v) is 7.56. The van der Waals surface area contributed by atoms with E-state index < -0.39 is 23.6 Å². The molecule has 0 atom stereocenters. The molecule has 0 aliphatic carbocycles. The van der Waals surface area contributed by atoms with Crippen molar-refractivity contribution in [3.8, 4) is 0 Å². The molecule has 0 saturated carbocycles. The molecule has 0 radical (unpaired) electrons. The smallest absolute Gasteiger partial charge is 0.265 e. The molecule has 2 aliphatic heterocycles. The lowest BCUT2D eigenvalue weighted by Crippen LogP contribution is -2.40. The van der Waals surface area contributed by atoms with Crippen LogP contribution >= 0.6 is 0 Å². The molecule has 2 aliphatic rings. The average molecular weight is 411 g/mol. The first kappa shape index (κ1) is 18.7. The molecule has 0 saturated heterocycles. The summed E-state index contributed by atoms with van der Waals surface area (Å²) in [5, 5.41) is 1.49. The number of nitrogens with zero attached hydrogens (tertiary/aromatic N) is 3. The van der Waals surface area contributed by atoms with Crippen LogP contribution in [0.15, 0.2) is 66.7 Å². The monoisotopic (exact) mass is 411 g/mol. The summed E-state index contributed by atoms with van der Waals surface area (Å²) in [6.07, 6.45) is 2.40. The quantitative estimate of drug-likeness (QED) is 0.619. The molecular weight excluding hydrogens is 394 g/mol. The predicted molar refractivity (Wildman–Crippen MR) is 117 cm³/mol. The van der Waals surface area contributed by atoms with Gasteiger partial charge in [0, 0.05) is 53.8 Å². The molecule has 0 N–H and O–H groups in total. The zero-order valence-corrected chi connectivity index (χ0v) is 16.8. The van der Waals surface area contributed by atoms with Crippen LogP contribution in [-0.4, -0.2) is 37.7 Å². The van der Waals surface area contributed by atoms with Gasteiger partial charge in [0.1, 0.15) is 0 Å². The minimum absolute atomic E-state index is 0.366. The molecule has 7 heteroatoms. The summed E-state index contributed by atoms with van der Waals surface area (Å²) >= 11 is 0. The van der Waals surface area contributed by atoms with Gasteiger partial charge in [0.25, 0.3) is 23.6 Å². The third-order valence-corrected chi connectivity index (χ3v) is 5.54. The third kappa shape index (κ3) is 2.67. The maximum absolute atomic E-state index is 13.3. The summed E-state index contributed by atoms with van der Waals surface area (Å²) in [4.78, 5) is 54.5. The number of amides is 4. The second kappa shape index (κ2) is 6.63. The van der Waals surface area contributed by atoms with Gasteiger partial charge in [-0.2, -0.15) is 0 Å². The maximum atomic E-state index is 13.3. The molecule has 152 valence electrons. The van der Waals surface area contributed by atoms with Gasteiger partial charge < -0.3 is 4.90 Å². The summed E-state index contributed by atoms with van der Waals surface area (Å²) < 4.78 is 0. The highest BCUT2D eigenvalue weighted by Gasteiger charge is 2.35. The number of hydrogen-bond donors (Lipinski definition) is 0. The minimum atomic E-state index is -0.430. The van der Waals surface area contributed by atoms with E-state index in [4.69, 9.17) is 0 Å². The van der Waals surface area contributed by atoms with E-state index in [-0.39, 0.29) is 0 Å². The molecule has 0 bridgehead atoms. The summed E-state index contributed by atoms with van der Waals surface area (Å²) in [6, 6.07) is 15.2. The minimum Gasteiger partial charge on any atom is -0.377 e. The van der Waals surface area contributed by atoms with Crippen molar-refractivity contribution in [2.45, 2.75) is 0 Å². The van der Waals surface area contributed by atoms with Crippen molar-refractivity contribution in [1.82, 2.24) is 0 Å². The number of hydrogen-bond acceptors (Lipinski definition) is 5. The van der Waals surface area contributed by atoms with Gasteiger partial charge >= 0.3 is 0 Å². The first-order chi connectivity index (χ1) is 14.9. The summed E-state index contributed by atoms with van der Waals surface area (Å²) in [6.45, 7) is 0. The molecule has 2 heterocycles. The van der Waals surface area contributed by atoms with E-state index in [1.807, 2.05) is 31.1 Å². The fourth-order valence-electron chi connectivity index (χ4n) is 4.11. The van der Waals surface area contributed by atoms with Crippen LogP contribution in [0.2, 0.25) is 0 Å². The van der Waals surface area contributed by atoms with Gasteiger partial charge in [0.2, 0.25) is 0 Å². The van der Waals surface area contributed by atoms with E-state index in [9.17, 15) is 19.2 Å². The highest BCUT2D eigenvalue weighted by molar-refractivity contribution is 6.36. The lowest BCUT2D eigenvalue weighted by atomic mass is 9.92. The molecule has 0 unspecified atom stereocenters. The molecular formula is C24H17N3O4. The number of imide groups is 2. The van der Waals surface area contributed by atoms with Crippen LogP contribution in [0.3, 0.4) is 0 Å². The molecule has 0 fully saturated rings. The topological polar surface area (TPSA) is 78.0 Å². The van der Waals surface area contributed by atoms with Crippen LogP contribution in [0.4, 0.5) is 17.1 Å². The van der Waals surface area contributed by atoms with Gasteiger partial charge in [-0.05, 0) is 42.5 Å². The zero-order chi connectivity index (χ0) is 21.9. The van der Waals surface area contributed by atoms with E-state index >= 15 is 0 Å². The summed E-state index contributed by atoms with van der Waals surface area (Å²) in [7, 11) is 3.82. The Kier molecular flexibility index (Phi) is 4.01. The van der Waals surface area contributed by atoms with Gasteiger partial charge in [-0.25, -0.2) is 9.80 Å². The average Bonchev–Trinajstić information content (AvgIpc) is 3.10. The Morgan fingerprint density at radius 2 is 1.19 bits per heavy atom. The molecule has 3 aromatic carbocycles. The number of carbonyl (C=O) groups is 4. The van der Waals surface area contributed by atoms with Crippen molar-refractivity contribution < 1.29 is 19.2 Å². The first-order valence-electron chi connectivity index (χ1n) is 9.66. The maximum Gasteiger partial charge on any atom is 0.265 e. The molecule has 5 rings (SSSR count). The van der Waals surface area contributed by atoms with Crippen molar-refractivity contribution >= 4 is 51.5 Å². The van der Waals surface area contributed by atoms with Crippen molar-refractivity contribution in [3.63, 3.8) is 0 Å². The van der Waals surface area contributed by atoms with Crippen LogP contribution in [0.5, 0.6) is 0 Å². The SMILES string of the molecule is CN(C)c1ccc2c3c(cccc13)C(=O)N(c1ccc(N3C(=O)C=CC3=O)cc1)C2=O. The van der Waals surface area contributed by atoms with Crippen LogP contribution in [0.25, 0.3) is 10.8 Å². The van der Waals surface area contributed by atoms with Gasteiger partial charge in [0.15, 0.2) is 0 Å². The Morgan fingerprint density at radius 3 is 1.77 bits per heavy atom. The zero-order valence-electron chi connectivity index (χ0n) is 16.8. The molecule has 3 aromatic rings. The molecule has 0 aromatic heterocycles. The van der Waals surface area contributed by atoms with Crippen LogP contribution in [0, 0.1) is 0 Å². The molecule has 4 amide bonds. The Labute approximate surface area is 177 Å². The van der Waals surface area contributed by atoms with Crippen LogP contribution in [0.1, 0.15) is 20.7 Å². The normalized spacial score (nSPS) is 15.4. The predicted octanol–water partition coefficient (Wildman–Crippen LogP) is 3.14. The highest BCUT2D eigenvalue weighted by Crippen LogP contribution is 2.37. The number of rotatable bonds is 3. The van der Waals surface area contributed by atoms with Crippen LogP contribution < -0.4 is 14.7 Å². The highest BCUT2D eigenvalue weighted by atomic mass is 16.2. The standard InChI is InChI=1S/C24H17N3O4/c1-25(2)19-11-10-18-22-16(19)4-3-5-17(22)23(30)27(24(18)31)15-8-6-14(7-9-15)26-20(28)12-13-21(26)29/h3-13H,1-2H3. The third-order valence-electron chi connectivity index (χ3n) is 5.54. The summed E-state index contributed by atoms with van der Waals surface area (Å²) in [5.74, 6) is -1.69. The van der Waals surface area contributed by atoms with Gasteiger partial charge in [-0.1, -0.05) is 12.1 Å². The molecule has 7 nitrogen and oxygen atoms in total. The van der Waals surface area contributed by atoms with E-state index in [1.54, 1.807) is 42.5 Å². The van der Waals surface area contributed by atoms with Crippen molar-refractivity contribution in [2.75, 3.05) is 28.8 Å². The van der Waals surface area contributed by atoms with Crippen molar-refractivity contribution in [3.05, 3.63) is 77.9 Å². The van der Waals surface area contributed by atoms with Gasteiger partial charge in [-0.3, -0.25) is 19.2 Å². The Balaban J connectivity index is 1.58. The molecule has 31 heavy (non-hydrogen) atoms. The van der Waals surface area contributed by atoms with Gasteiger partial charge in [-0.15, -0.1) is 0 Å². The van der Waals surface area contributed by atoms with E-state index in [1.165, 1.54) is 12.2 Å². The van der Waals surface area contributed by atoms with E-state index in [0.717, 1.165) is 20.9 Å². The Bertz CT molecular complexity index is 1300. The lowest BCUT2D eigenvalue weighted by Gasteiger charge is -2.29. The van der Waals surface area contributed by atoms with Gasteiger partial charge in [0.05, 0.1) is 11.4 Å². The Hall–Kier alpha value is -4.26. The van der Waals surface area contributed by atoms with E-state index in [2.05, 4.69) is 0 Å². The van der Waals surface area contributed by atoms with Crippen molar-refractivity contribution in [1.29, 1.82) is 0 Å². The largest absolute Gasteiger partial charge is 0.377 e. The fourth-order valence-corrected chi connectivity index (χ4v) is 4.11.